The second kappa shape index (κ2) is 5.54. The first kappa shape index (κ1) is 13.6. The number of hydrogen-bond acceptors (Lipinski definition) is 4. The molecule has 1 aromatic heterocycles. The van der Waals surface area contributed by atoms with Gasteiger partial charge in [0.1, 0.15) is 0 Å². The van der Waals surface area contributed by atoms with Crippen LogP contribution in [0.25, 0.3) is 0 Å². The van der Waals surface area contributed by atoms with E-state index in [1.807, 2.05) is 24.3 Å². The lowest BCUT2D eigenvalue weighted by Crippen LogP contribution is -2.16. The molecule has 0 bridgehead atoms. The number of aromatic carboxylic acids is 1. The number of carboxylic acids is 1. The van der Waals surface area contributed by atoms with Crippen LogP contribution in [-0.4, -0.2) is 28.1 Å². The van der Waals surface area contributed by atoms with Crippen LogP contribution in [0.4, 0.5) is 0 Å². The molecule has 2 heterocycles. The number of nitrogens with zero attached hydrogens (tertiary/aromatic N) is 2. The predicted molar refractivity (Wildman–Crippen MR) is 77.1 cm³/mol. The molecule has 1 aliphatic rings. The first-order chi connectivity index (χ1) is 10.2. The van der Waals surface area contributed by atoms with Crippen molar-refractivity contribution in [1.29, 1.82) is 0 Å². The molecule has 2 aromatic rings. The number of hydrogen-bond donors (Lipinski definition) is 1. The maximum atomic E-state index is 11.0. The van der Waals surface area contributed by atoms with Crippen molar-refractivity contribution in [1.82, 2.24) is 9.88 Å². The van der Waals surface area contributed by atoms with E-state index in [0.29, 0.717) is 18.0 Å². The molecule has 1 aromatic carbocycles. The van der Waals surface area contributed by atoms with Crippen molar-refractivity contribution in [3.63, 3.8) is 0 Å². The van der Waals surface area contributed by atoms with Gasteiger partial charge in [0.05, 0.1) is 18.4 Å². The van der Waals surface area contributed by atoms with Gasteiger partial charge in [-0.15, -0.1) is 0 Å². The summed E-state index contributed by atoms with van der Waals surface area (Å²) in [7, 11) is 1.60. The number of carbonyl (C=O) groups is 1. The van der Waals surface area contributed by atoms with Crippen molar-refractivity contribution in [2.24, 2.45) is 0 Å². The fraction of sp³-hybridized carbons (Fsp3) is 0.250. The molecule has 0 saturated carbocycles. The second-order valence-electron chi connectivity index (χ2n) is 5.11. The van der Waals surface area contributed by atoms with Crippen LogP contribution >= 0.6 is 0 Å². The van der Waals surface area contributed by atoms with Gasteiger partial charge < -0.3 is 9.84 Å². The van der Waals surface area contributed by atoms with Gasteiger partial charge in [-0.25, -0.2) is 9.78 Å². The lowest BCUT2D eigenvalue weighted by molar-refractivity contribution is 0.0696. The molecule has 0 aliphatic carbocycles. The van der Waals surface area contributed by atoms with E-state index < -0.39 is 5.97 Å². The summed E-state index contributed by atoms with van der Waals surface area (Å²) >= 11 is 0. The lowest BCUT2D eigenvalue weighted by Gasteiger charge is -2.14. The van der Waals surface area contributed by atoms with Crippen LogP contribution < -0.4 is 4.74 Å². The molecule has 0 unspecified atom stereocenters. The van der Waals surface area contributed by atoms with Gasteiger partial charge in [0.2, 0.25) is 5.88 Å². The summed E-state index contributed by atoms with van der Waals surface area (Å²) in [5.41, 5.74) is 3.55. The zero-order valence-corrected chi connectivity index (χ0v) is 11.7. The molecule has 0 radical (unpaired) electrons. The SMILES string of the molecule is COc1cccc(CN2Cc3ccc(C(=O)O)cc3C2)n1. The molecule has 5 nitrogen and oxygen atoms in total. The van der Waals surface area contributed by atoms with Crippen molar-refractivity contribution in [3.05, 3.63) is 58.8 Å². The normalized spacial score (nSPS) is 14.0. The lowest BCUT2D eigenvalue weighted by atomic mass is 10.1. The fourth-order valence-corrected chi connectivity index (χ4v) is 2.60. The minimum absolute atomic E-state index is 0.343. The smallest absolute Gasteiger partial charge is 0.335 e. The molecule has 0 atom stereocenters. The predicted octanol–water partition coefficient (Wildman–Crippen LogP) is 2.30. The van der Waals surface area contributed by atoms with Crippen LogP contribution in [0, 0.1) is 0 Å². The summed E-state index contributed by atoms with van der Waals surface area (Å²) in [6.07, 6.45) is 0. The molecule has 108 valence electrons. The van der Waals surface area contributed by atoms with E-state index in [1.165, 1.54) is 5.56 Å². The number of pyridine rings is 1. The minimum atomic E-state index is -0.884. The highest BCUT2D eigenvalue weighted by Crippen LogP contribution is 2.25. The van der Waals surface area contributed by atoms with E-state index in [1.54, 1.807) is 19.2 Å². The monoisotopic (exact) mass is 284 g/mol. The van der Waals surface area contributed by atoms with Crippen LogP contribution in [0.5, 0.6) is 5.88 Å². The van der Waals surface area contributed by atoms with Crippen LogP contribution in [0.1, 0.15) is 27.2 Å². The van der Waals surface area contributed by atoms with E-state index in [-0.39, 0.29) is 0 Å². The van der Waals surface area contributed by atoms with Gasteiger partial charge in [0.15, 0.2) is 0 Å². The molecule has 0 spiro atoms. The molecule has 0 fully saturated rings. The van der Waals surface area contributed by atoms with Crippen molar-refractivity contribution in [2.75, 3.05) is 7.11 Å². The Balaban J connectivity index is 1.73. The van der Waals surface area contributed by atoms with E-state index in [4.69, 9.17) is 9.84 Å². The topological polar surface area (TPSA) is 62.7 Å². The van der Waals surface area contributed by atoms with Gasteiger partial charge in [-0.05, 0) is 29.3 Å². The highest BCUT2D eigenvalue weighted by Gasteiger charge is 2.20. The van der Waals surface area contributed by atoms with Gasteiger partial charge in [-0.1, -0.05) is 12.1 Å². The Labute approximate surface area is 122 Å². The third-order valence-corrected chi connectivity index (χ3v) is 3.62. The van der Waals surface area contributed by atoms with Gasteiger partial charge in [-0.3, -0.25) is 4.90 Å². The van der Waals surface area contributed by atoms with Gasteiger partial charge in [-0.2, -0.15) is 0 Å². The summed E-state index contributed by atoms with van der Waals surface area (Å²) in [5, 5.41) is 9.04. The third kappa shape index (κ3) is 2.87. The van der Waals surface area contributed by atoms with Crippen LogP contribution in [0.15, 0.2) is 36.4 Å². The van der Waals surface area contributed by atoms with E-state index in [0.717, 1.165) is 24.3 Å². The summed E-state index contributed by atoms with van der Waals surface area (Å²) < 4.78 is 5.13. The summed E-state index contributed by atoms with van der Waals surface area (Å²) in [6.45, 7) is 2.28. The van der Waals surface area contributed by atoms with Gasteiger partial charge in [0, 0.05) is 25.7 Å². The highest BCUT2D eigenvalue weighted by molar-refractivity contribution is 5.87. The molecule has 1 N–H and O–H groups in total. The Morgan fingerprint density at radius 1 is 1.29 bits per heavy atom. The first-order valence-corrected chi connectivity index (χ1v) is 6.73. The number of benzene rings is 1. The molecule has 5 heteroatoms. The second-order valence-corrected chi connectivity index (χ2v) is 5.11. The average molecular weight is 284 g/mol. The Morgan fingerprint density at radius 2 is 2.10 bits per heavy atom. The molecule has 0 amide bonds. The quantitative estimate of drug-likeness (QED) is 0.933. The summed E-state index contributed by atoms with van der Waals surface area (Å²) in [4.78, 5) is 17.6. The summed E-state index contributed by atoms with van der Waals surface area (Å²) in [6, 6.07) is 11.0. The van der Waals surface area contributed by atoms with Crippen LogP contribution in [-0.2, 0) is 19.6 Å². The molecule has 1 aliphatic heterocycles. The van der Waals surface area contributed by atoms with E-state index >= 15 is 0 Å². The van der Waals surface area contributed by atoms with Crippen molar-refractivity contribution in [2.45, 2.75) is 19.6 Å². The van der Waals surface area contributed by atoms with Gasteiger partial charge >= 0.3 is 5.97 Å². The van der Waals surface area contributed by atoms with Crippen molar-refractivity contribution >= 4 is 5.97 Å². The van der Waals surface area contributed by atoms with Crippen LogP contribution in [0.2, 0.25) is 0 Å². The zero-order valence-electron chi connectivity index (χ0n) is 11.7. The van der Waals surface area contributed by atoms with Crippen molar-refractivity contribution in [3.8, 4) is 5.88 Å². The molecule has 3 rings (SSSR count). The number of methoxy groups -OCH3 is 1. The van der Waals surface area contributed by atoms with Crippen molar-refractivity contribution < 1.29 is 14.6 Å². The number of rotatable bonds is 4. The van der Waals surface area contributed by atoms with Crippen LogP contribution in [0.3, 0.4) is 0 Å². The molecular weight excluding hydrogens is 268 g/mol. The third-order valence-electron chi connectivity index (χ3n) is 3.62. The molecule has 21 heavy (non-hydrogen) atoms. The molecule has 0 saturated heterocycles. The Kier molecular flexibility index (Phi) is 3.58. The maximum absolute atomic E-state index is 11.0. The zero-order chi connectivity index (χ0) is 14.8. The van der Waals surface area contributed by atoms with E-state index in [2.05, 4.69) is 9.88 Å². The Morgan fingerprint density at radius 3 is 2.86 bits per heavy atom. The standard InChI is InChI=1S/C16H16N2O3/c1-21-15-4-2-3-14(17-15)10-18-8-12-6-5-11(16(19)20)7-13(12)9-18/h2-7H,8-10H2,1H3,(H,19,20). The largest absolute Gasteiger partial charge is 0.481 e. The average Bonchev–Trinajstić information content (AvgIpc) is 2.88. The summed E-state index contributed by atoms with van der Waals surface area (Å²) in [5.74, 6) is -0.275. The number of ether oxygens (including phenoxy) is 1. The number of aromatic nitrogens is 1. The Bertz CT molecular complexity index is 685. The number of carboxylic acid groups (broad SMARTS) is 1. The maximum Gasteiger partial charge on any atom is 0.335 e. The number of fused-ring (bicyclic) bond motifs is 1. The highest BCUT2D eigenvalue weighted by atomic mass is 16.5. The fourth-order valence-electron chi connectivity index (χ4n) is 2.60. The van der Waals surface area contributed by atoms with E-state index in [9.17, 15) is 4.79 Å². The minimum Gasteiger partial charge on any atom is -0.481 e. The molecular formula is C16H16N2O3. The Hall–Kier alpha value is -2.40. The van der Waals surface area contributed by atoms with Gasteiger partial charge in [0.25, 0.3) is 0 Å². The first-order valence-electron chi connectivity index (χ1n) is 6.73.